The Labute approximate surface area is 153 Å². The van der Waals surface area contributed by atoms with Crippen molar-refractivity contribution in [3.8, 4) is 5.75 Å². The standard InChI is InChI=1S/C16H13Cl2N3O4/c1-10(25-14-8-3-2-7-13(14)21(23)24)16(22)20-19-9-11-5-4-6-12(17)15(11)18/h2-10H,1H3,(H,20,22). The molecule has 0 aliphatic rings. The zero-order chi connectivity index (χ0) is 18.4. The Morgan fingerprint density at radius 3 is 2.72 bits per heavy atom. The lowest BCUT2D eigenvalue weighted by molar-refractivity contribution is -0.386. The van der Waals surface area contributed by atoms with Gasteiger partial charge < -0.3 is 4.74 Å². The quantitative estimate of drug-likeness (QED) is 0.467. The maximum atomic E-state index is 12.0. The molecule has 7 nitrogen and oxygen atoms in total. The van der Waals surface area contributed by atoms with E-state index in [-0.39, 0.29) is 11.4 Å². The summed E-state index contributed by atoms with van der Waals surface area (Å²) in [5.41, 5.74) is 2.58. The average molecular weight is 382 g/mol. The van der Waals surface area contributed by atoms with Gasteiger partial charge >= 0.3 is 5.69 Å². The molecule has 0 saturated heterocycles. The second-order valence-corrected chi connectivity index (χ2v) is 5.65. The minimum Gasteiger partial charge on any atom is -0.474 e. The number of rotatable bonds is 6. The molecule has 0 aliphatic heterocycles. The van der Waals surface area contributed by atoms with Gasteiger partial charge in [0.05, 0.1) is 21.2 Å². The van der Waals surface area contributed by atoms with Gasteiger partial charge in [0.1, 0.15) is 0 Å². The van der Waals surface area contributed by atoms with Gasteiger partial charge in [0.25, 0.3) is 5.91 Å². The molecular formula is C16H13Cl2N3O4. The summed E-state index contributed by atoms with van der Waals surface area (Å²) in [4.78, 5) is 22.3. The van der Waals surface area contributed by atoms with Crippen molar-refractivity contribution in [1.29, 1.82) is 0 Å². The van der Waals surface area contributed by atoms with E-state index in [1.165, 1.54) is 31.3 Å². The number of ether oxygens (including phenoxy) is 1. The first-order valence-corrected chi connectivity index (χ1v) is 7.82. The zero-order valence-electron chi connectivity index (χ0n) is 13.0. The number of nitro benzene ring substituents is 1. The number of hydrazone groups is 1. The van der Waals surface area contributed by atoms with E-state index in [0.717, 1.165) is 0 Å². The highest BCUT2D eigenvalue weighted by molar-refractivity contribution is 6.43. The number of nitrogens with one attached hydrogen (secondary N) is 1. The summed E-state index contributed by atoms with van der Waals surface area (Å²) in [6.07, 6.45) is 0.345. The Hall–Kier alpha value is -2.64. The van der Waals surface area contributed by atoms with Crippen molar-refractivity contribution >= 4 is 41.0 Å². The number of nitro groups is 1. The van der Waals surface area contributed by atoms with Crippen LogP contribution in [0.1, 0.15) is 12.5 Å². The van der Waals surface area contributed by atoms with Gasteiger partial charge in [-0.05, 0) is 19.1 Å². The van der Waals surface area contributed by atoms with Crippen LogP contribution in [-0.2, 0) is 4.79 Å². The molecule has 0 aromatic heterocycles. The van der Waals surface area contributed by atoms with Crippen molar-refractivity contribution in [2.75, 3.05) is 0 Å². The van der Waals surface area contributed by atoms with Crippen LogP contribution in [0.5, 0.6) is 5.75 Å². The van der Waals surface area contributed by atoms with Crippen molar-refractivity contribution in [3.05, 3.63) is 68.2 Å². The first-order chi connectivity index (χ1) is 11.9. The van der Waals surface area contributed by atoms with E-state index in [2.05, 4.69) is 10.5 Å². The summed E-state index contributed by atoms with van der Waals surface area (Å²) in [5, 5.41) is 15.4. The number of amides is 1. The Bertz CT molecular complexity index is 827. The van der Waals surface area contributed by atoms with Crippen LogP contribution in [-0.4, -0.2) is 23.1 Å². The van der Waals surface area contributed by atoms with Gasteiger partial charge in [0, 0.05) is 11.6 Å². The van der Waals surface area contributed by atoms with Gasteiger partial charge in [0.2, 0.25) is 0 Å². The van der Waals surface area contributed by atoms with Crippen molar-refractivity contribution < 1.29 is 14.5 Å². The summed E-state index contributed by atoms with van der Waals surface area (Å²) >= 11 is 11.9. The number of halogens is 2. The van der Waals surface area contributed by atoms with Crippen LogP contribution in [0.4, 0.5) is 5.69 Å². The summed E-state index contributed by atoms with van der Waals surface area (Å²) in [7, 11) is 0. The number of para-hydroxylation sites is 2. The third kappa shape index (κ3) is 4.91. The van der Waals surface area contributed by atoms with Crippen molar-refractivity contribution in [2.45, 2.75) is 13.0 Å². The third-order valence-corrected chi connectivity index (χ3v) is 3.93. The lowest BCUT2D eigenvalue weighted by Crippen LogP contribution is -2.33. The fourth-order valence-corrected chi connectivity index (χ4v) is 2.18. The van der Waals surface area contributed by atoms with E-state index in [1.807, 2.05) is 0 Å². The molecule has 1 N–H and O–H groups in total. The minimum absolute atomic E-state index is 0.00276. The van der Waals surface area contributed by atoms with E-state index in [4.69, 9.17) is 27.9 Å². The molecule has 0 saturated carbocycles. The molecule has 0 bridgehead atoms. The van der Waals surface area contributed by atoms with Crippen LogP contribution >= 0.6 is 23.2 Å². The molecule has 1 amide bonds. The van der Waals surface area contributed by atoms with Crippen LogP contribution < -0.4 is 10.2 Å². The van der Waals surface area contributed by atoms with Crippen LogP contribution in [0.3, 0.4) is 0 Å². The number of carbonyl (C=O) groups excluding carboxylic acids is 1. The van der Waals surface area contributed by atoms with Crippen LogP contribution in [0, 0.1) is 10.1 Å². The van der Waals surface area contributed by atoms with E-state index < -0.39 is 16.9 Å². The molecule has 25 heavy (non-hydrogen) atoms. The van der Waals surface area contributed by atoms with E-state index in [9.17, 15) is 14.9 Å². The maximum Gasteiger partial charge on any atom is 0.310 e. The fraction of sp³-hybridized carbons (Fsp3) is 0.125. The van der Waals surface area contributed by atoms with Crippen molar-refractivity contribution in [1.82, 2.24) is 5.43 Å². The largest absolute Gasteiger partial charge is 0.474 e. The number of benzene rings is 2. The SMILES string of the molecule is CC(Oc1ccccc1[N+](=O)[O-])C(=O)NN=Cc1cccc(Cl)c1Cl. The lowest BCUT2D eigenvalue weighted by atomic mass is 10.2. The molecule has 0 aliphatic carbocycles. The Morgan fingerprint density at radius 1 is 1.28 bits per heavy atom. The van der Waals surface area contributed by atoms with Gasteiger partial charge in [-0.3, -0.25) is 14.9 Å². The molecule has 2 aromatic carbocycles. The summed E-state index contributed by atoms with van der Waals surface area (Å²) in [5.74, 6) is -0.579. The first kappa shape index (κ1) is 18.7. The van der Waals surface area contributed by atoms with E-state index in [1.54, 1.807) is 24.3 Å². The third-order valence-electron chi connectivity index (χ3n) is 3.09. The molecule has 9 heteroatoms. The average Bonchev–Trinajstić information content (AvgIpc) is 2.58. The Kier molecular flexibility index (Phi) is 6.32. The smallest absolute Gasteiger partial charge is 0.310 e. The molecular weight excluding hydrogens is 369 g/mol. The normalized spacial score (nSPS) is 12.0. The molecule has 0 fully saturated rings. The van der Waals surface area contributed by atoms with Gasteiger partial charge in [-0.1, -0.05) is 47.5 Å². The van der Waals surface area contributed by atoms with Gasteiger partial charge in [-0.2, -0.15) is 5.10 Å². The molecule has 0 radical (unpaired) electrons. The summed E-state index contributed by atoms with van der Waals surface area (Å²) < 4.78 is 5.34. The Balaban J connectivity index is 2.00. The predicted octanol–water partition coefficient (Wildman–Crippen LogP) is 3.82. The zero-order valence-corrected chi connectivity index (χ0v) is 14.5. The molecule has 1 unspecified atom stereocenters. The van der Waals surface area contributed by atoms with Crippen molar-refractivity contribution in [3.63, 3.8) is 0 Å². The summed E-state index contributed by atoms with van der Waals surface area (Å²) in [6, 6.07) is 10.8. The Morgan fingerprint density at radius 2 is 2.00 bits per heavy atom. The molecule has 130 valence electrons. The second-order valence-electron chi connectivity index (χ2n) is 4.86. The van der Waals surface area contributed by atoms with Gasteiger partial charge in [0.15, 0.2) is 11.9 Å². The minimum atomic E-state index is -0.993. The van der Waals surface area contributed by atoms with E-state index in [0.29, 0.717) is 15.6 Å². The molecule has 2 rings (SSSR count). The topological polar surface area (TPSA) is 93.8 Å². The van der Waals surface area contributed by atoms with Crippen LogP contribution in [0.2, 0.25) is 10.0 Å². The highest BCUT2D eigenvalue weighted by Crippen LogP contribution is 2.27. The first-order valence-electron chi connectivity index (χ1n) is 7.07. The number of nitrogens with zero attached hydrogens (tertiary/aromatic N) is 2. The monoisotopic (exact) mass is 381 g/mol. The maximum absolute atomic E-state index is 12.0. The van der Waals surface area contributed by atoms with Gasteiger partial charge in [-0.25, -0.2) is 5.43 Å². The number of carbonyl (C=O) groups is 1. The fourth-order valence-electron chi connectivity index (χ4n) is 1.83. The lowest BCUT2D eigenvalue weighted by Gasteiger charge is -2.12. The van der Waals surface area contributed by atoms with Crippen LogP contribution in [0.15, 0.2) is 47.6 Å². The molecule has 2 aromatic rings. The van der Waals surface area contributed by atoms with Crippen LogP contribution in [0.25, 0.3) is 0 Å². The number of hydrogen-bond acceptors (Lipinski definition) is 5. The molecule has 0 heterocycles. The van der Waals surface area contributed by atoms with Gasteiger partial charge in [-0.15, -0.1) is 0 Å². The van der Waals surface area contributed by atoms with Crippen molar-refractivity contribution in [2.24, 2.45) is 5.10 Å². The highest BCUT2D eigenvalue weighted by Gasteiger charge is 2.20. The highest BCUT2D eigenvalue weighted by atomic mass is 35.5. The molecule has 1 atom stereocenters. The van der Waals surface area contributed by atoms with E-state index >= 15 is 0 Å². The second kappa shape index (κ2) is 8.46. The number of hydrogen-bond donors (Lipinski definition) is 1. The molecule has 0 spiro atoms. The predicted molar refractivity (Wildman–Crippen MR) is 95.4 cm³/mol. The summed E-state index contributed by atoms with van der Waals surface area (Å²) in [6.45, 7) is 1.45.